The Morgan fingerprint density at radius 2 is 1.79 bits per heavy atom. The lowest BCUT2D eigenvalue weighted by Crippen LogP contribution is -2.02. The minimum Gasteiger partial charge on any atom is -0.0850 e. The van der Waals surface area contributed by atoms with Crippen molar-refractivity contribution in [3.8, 4) is 0 Å². The van der Waals surface area contributed by atoms with E-state index in [1.54, 1.807) is 5.57 Å². The van der Waals surface area contributed by atoms with E-state index in [0.29, 0.717) is 0 Å². The van der Waals surface area contributed by atoms with Gasteiger partial charge < -0.3 is 0 Å². The van der Waals surface area contributed by atoms with Crippen molar-refractivity contribution < 1.29 is 0 Å². The molecule has 0 aromatic heterocycles. The van der Waals surface area contributed by atoms with Crippen LogP contribution in [0.4, 0.5) is 0 Å². The molecular weight excluding hydrogens is 168 g/mol. The molecule has 0 fully saturated rings. The molecule has 0 saturated heterocycles. The molecule has 0 bridgehead atoms. The van der Waals surface area contributed by atoms with Gasteiger partial charge in [-0.1, -0.05) is 41.5 Å². The van der Waals surface area contributed by atoms with Crippen LogP contribution in [0.25, 0.3) is 0 Å². The third-order valence-corrected chi connectivity index (χ3v) is 3.19. The first kappa shape index (κ1) is 9.51. The summed E-state index contributed by atoms with van der Waals surface area (Å²) in [5.74, 6) is 0.763. The van der Waals surface area contributed by atoms with Crippen molar-refractivity contribution in [1.82, 2.24) is 0 Å². The topological polar surface area (TPSA) is 0 Å². The molecule has 0 amide bonds. The van der Waals surface area contributed by atoms with E-state index in [0.717, 1.165) is 5.92 Å². The molecule has 1 aliphatic rings. The van der Waals surface area contributed by atoms with Crippen molar-refractivity contribution in [3.63, 3.8) is 0 Å². The summed E-state index contributed by atoms with van der Waals surface area (Å²) in [6.45, 7) is 4.39. The maximum atomic E-state index is 2.40. The molecule has 2 rings (SSSR count). The molecule has 1 unspecified atom stereocenters. The van der Waals surface area contributed by atoms with Gasteiger partial charge in [0.05, 0.1) is 0 Å². The Balaban J connectivity index is 2.13. The molecule has 0 aliphatic heterocycles. The molecular formula is C14H18. The molecule has 1 aromatic carbocycles. The van der Waals surface area contributed by atoms with Gasteiger partial charge in [-0.3, -0.25) is 0 Å². The van der Waals surface area contributed by atoms with Crippen LogP contribution in [0.1, 0.15) is 43.2 Å². The van der Waals surface area contributed by atoms with Crippen LogP contribution in [-0.4, -0.2) is 0 Å². The fourth-order valence-corrected chi connectivity index (χ4v) is 2.11. The molecule has 74 valence electrons. The molecule has 0 radical (unpaired) electrons. The highest BCUT2D eigenvalue weighted by Gasteiger charge is 2.13. The molecule has 1 atom stereocenters. The van der Waals surface area contributed by atoms with Crippen LogP contribution in [0, 0.1) is 6.92 Å². The van der Waals surface area contributed by atoms with E-state index in [4.69, 9.17) is 0 Å². The van der Waals surface area contributed by atoms with Gasteiger partial charge in [0.15, 0.2) is 0 Å². The Labute approximate surface area is 86.7 Å². The van der Waals surface area contributed by atoms with Gasteiger partial charge in [0.2, 0.25) is 0 Å². The Morgan fingerprint density at radius 1 is 1.07 bits per heavy atom. The zero-order valence-corrected chi connectivity index (χ0v) is 9.09. The average Bonchev–Trinajstić information content (AvgIpc) is 2.21. The summed E-state index contributed by atoms with van der Waals surface area (Å²) in [4.78, 5) is 0. The molecule has 0 saturated carbocycles. The van der Waals surface area contributed by atoms with Crippen LogP contribution >= 0.6 is 0 Å². The van der Waals surface area contributed by atoms with Gasteiger partial charge >= 0.3 is 0 Å². The van der Waals surface area contributed by atoms with Crippen molar-refractivity contribution in [2.24, 2.45) is 0 Å². The van der Waals surface area contributed by atoms with Crippen LogP contribution in [0.3, 0.4) is 0 Å². The average molecular weight is 186 g/mol. The van der Waals surface area contributed by atoms with E-state index in [1.807, 2.05) is 0 Å². The maximum absolute atomic E-state index is 2.40. The molecule has 0 spiro atoms. The highest BCUT2D eigenvalue weighted by atomic mass is 14.2. The van der Waals surface area contributed by atoms with Gasteiger partial charge in [-0.2, -0.15) is 0 Å². The van der Waals surface area contributed by atoms with E-state index in [1.165, 1.54) is 30.4 Å². The zero-order valence-electron chi connectivity index (χ0n) is 9.09. The first-order chi connectivity index (χ1) is 6.75. The monoisotopic (exact) mass is 186 g/mol. The van der Waals surface area contributed by atoms with Crippen LogP contribution < -0.4 is 0 Å². The summed E-state index contributed by atoms with van der Waals surface area (Å²) in [6.07, 6.45) is 6.23. The van der Waals surface area contributed by atoms with E-state index in [2.05, 4.69) is 44.2 Å². The minimum absolute atomic E-state index is 0.763. The molecule has 0 heteroatoms. The van der Waals surface area contributed by atoms with E-state index in [-0.39, 0.29) is 0 Å². The van der Waals surface area contributed by atoms with Gasteiger partial charge in [-0.25, -0.2) is 0 Å². The van der Waals surface area contributed by atoms with Crippen LogP contribution in [-0.2, 0) is 0 Å². The van der Waals surface area contributed by atoms with Gasteiger partial charge in [-0.15, -0.1) is 0 Å². The predicted octanol–water partition coefficient (Wildman–Crippen LogP) is 4.21. The Kier molecular flexibility index (Phi) is 2.72. The van der Waals surface area contributed by atoms with Crippen molar-refractivity contribution in [1.29, 1.82) is 0 Å². The van der Waals surface area contributed by atoms with Crippen molar-refractivity contribution in [3.05, 3.63) is 47.0 Å². The molecule has 0 N–H and O–H groups in total. The smallest absolute Gasteiger partial charge is 0.0124 e. The summed E-state index contributed by atoms with van der Waals surface area (Å²) in [7, 11) is 0. The van der Waals surface area contributed by atoms with Crippen LogP contribution in [0.5, 0.6) is 0 Å². The Bertz CT molecular complexity index is 330. The fourth-order valence-electron chi connectivity index (χ4n) is 2.11. The molecule has 0 nitrogen and oxygen atoms in total. The lowest BCUT2D eigenvalue weighted by Gasteiger charge is -2.20. The zero-order chi connectivity index (χ0) is 9.97. The van der Waals surface area contributed by atoms with Crippen molar-refractivity contribution in [2.75, 3.05) is 0 Å². The second-order valence-electron chi connectivity index (χ2n) is 4.43. The molecule has 14 heavy (non-hydrogen) atoms. The first-order valence-electron chi connectivity index (χ1n) is 5.48. The van der Waals surface area contributed by atoms with Crippen molar-refractivity contribution in [2.45, 2.75) is 39.0 Å². The van der Waals surface area contributed by atoms with Gasteiger partial charge in [0.1, 0.15) is 0 Å². The molecule has 1 aromatic rings. The van der Waals surface area contributed by atoms with Crippen LogP contribution in [0.2, 0.25) is 0 Å². The third kappa shape index (κ3) is 2.06. The summed E-state index contributed by atoms with van der Waals surface area (Å²) in [5.41, 5.74) is 4.43. The second-order valence-corrected chi connectivity index (χ2v) is 4.43. The normalized spacial score (nSPS) is 21.9. The number of benzene rings is 1. The summed E-state index contributed by atoms with van der Waals surface area (Å²) >= 11 is 0. The lowest BCUT2D eigenvalue weighted by atomic mass is 9.85. The summed E-state index contributed by atoms with van der Waals surface area (Å²) in [6, 6.07) is 9.02. The summed E-state index contributed by atoms with van der Waals surface area (Å²) < 4.78 is 0. The second kappa shape index (κ2) is 4.00. The standard InChI is InChI=1S/C14H18/c1-11-3-7-13(8-4-11)14-9-5-12(2)6-10-14/h3-5,7-8,14H,6,9-10H2,1-2H3. The van der Waals surface area contributed by atoms with Gasteiger partial charge in [0.25, 0.3) is 0 Å². The first-order valence-corrected chi connectivity index (χ1v) is 5.48. The number of hydrogen-bond donors (Lipinski definition) is 0. The number of hydrogen-bond acceptors (Lipinski definition) is 0. The van der Waals surface area contributed by atoms with Crippen LogP contribution in [0.15, 0.2) is 35.9 Å². The van der Waals surface area contributed by atoms with E-state index in [9.17, 15) is 0 Å². The Hall–Kier alpha value is -1.04. The third-order valence-electron chi connectivity index (χ3n) is 3.19. The van der Waals surface area contributed by atoms with E-state index < -0.39 is 0 Å². The summed E-state index contributed by atoms with van der Waals surface area (Å²) in [5, 5.41) is 0. The maximum Gasteiger partial charge on any atom is -0.0124 e. The van der Waals surface area contributed by atoms with Crippen molar-refractivity contribution >= 4 is 0 Å². The van der Waals surface area contributed by atoms with Gasteiger partial charge in [0, 0.05) is 0 Å². The predicted molar refractivity (Wildman–Crippen MR) is 61.5 cm³/mol. The van der Waals surface area contributed by atoms with E-state index >= 15 is 0 Å². The fraction of sp³-hybridized carbons (Fsp3) is 0.429. The molecule has 0 heterocycles. The largest absolute Gasteiger partial charge is 0.0850 e. The number of allylic oxidation sites excluding steroid dienone is 2. The number of rotatable bonds is 1. The Morgan fingerprint density at radius 3 is 2.36 bits per heavy atom. The highest BCUT2D eigenvalue weighted by Crippen LogP contribution is 2.31. The minimum atomic E-state index is 0.763. The lowest BCUT2D eigenvalue weighted by molar-refractivity contribution is 0.599. The highest BCUT2D eigenvalue weighted by molar-refractivity contribution is 5.26. The van der Waals surface area contributed by atoms with Gasteiger partial charge in [-0.05, 0) is 44.6 Å². The SMILES string of the molecule is CC1=CCC(c2ccc(C)cc2)CC1. The molecule has 1 aliphatic carbocycles. The number of aryl methyl sites for hydroxylation is 1. The quantitative estimate of drug-likeness (QED) is 0.576.